The highest BCUT2D eigenvalue weighted by atomic mass is 32.2. The van der Waals surface area contributed by atoms with E-state index in [9.17, 15) is 14.4 Å². The average molecular weight is 314 g/mol. The van der Waals surface area contributed by atoms with Gasteiger partial charge in [0.15, 0.2) is 0 Å². The van der Waals surface area contributed by atoms with E-state index in [1.165, 1.54) is 6.92 Å². The zero-order valence-electron chi connectivity index (χ0n) is 12.3. The van der Waals surface area contributed by atoms with Gasteiger partial charge in [0.25, 0.3) is 5.56 Å². The fourth-order valence-corrected chi connectivity index (χ4v) is 1.89. The van der Waals surface area contributed by atoms with Crippen LogP contribution in [-0.4, -0.2) is 38.1 Å². The summed E-state index contributed by atoms with van der Waals surface area (Å²) in [7, 11) is 0. The maximum atomic E-state index is 11.6. The van der Waals surface area contributed by atoms with Gasteiger partial charge in [0.2, 0.25) is 11.1 Å². The molecule has 0 fully saturated rings. The van der Waals surface area contributed by atoms with Crippen molar-refractivity contribution in [3.05, 3.63) is 16.0 Å². The number of nitrogen functional groups attached to an aromatic ring is 1. The van der Waals surface area contributed by atoms with Crippen LogP contribution in [0.25, 0.3) is 0 Å². The molecule has 0 atom stereocenters. The first-order valence-electron chi connectivity index (χ1n) is 6.06. The van der Waals surface area contributed by atoms with Crippen molar-refractivity contribution < 1.29 is 9.59 Å². The molecule has 0 aliphatic rings. The SMILES string of the molecule is Cc1nnc(SCC(=O)NC(=O)NC(C)(C)C)n(N)c1=O. The Morgan fingerprint density at radius 2 is 1.95 bits per heavy atom. The minimum atomic E-state index is -0.590. The Hall–Kier alpha value is -2.10. The Kier molecular flexibility index (Phi) is 5.30. The number of carbonyl (C=O) groups is 2. The molecule has 21 heavy (non-hydrogen) atoms. The molecule has 0 aliphatic heterocycles. The zero-order valence-corrected chi connectivity index (χ0v) is 13.1. The molecule has 3 amide bonds. The van der Waals surface area contributed by atoms with Crippen molar-refractivity contribution in [2.24, 2.45) is 0 Å². The fraction of sp³-hybridized carbons (Fsp3) is 0.545. The van der Waals surface area contributed by atoms with E-state index in [1.54, 1.807) is 20.8 Å². The van der Waals surface area contributed by atoms with Gasteiger partial charge in [-0.2, -0.15) is 4.68 Å². The summed E-state index contributed by atoms with van der Waals surface area (Å²) in [5.41, 5.74) is -0.772. The van der Waals surface area contributed by atoms with E-state index in [0.29, 0.717) is 0 Å². The summed E-state index contributed by atoms with van der Waals surface area (Å²) in [6.07, 6.45) is 0. The molecular formula is C11H18N6O3S. The summed E-state index contributed by atoms with van der Waals surface area (Å²) in [6, 6.07) is -0.590. The minimum absolute atomic E-state index is 0.0944. The van der Waals surface area contributed by atoms with Gasteiger partial charge < -0.3 is 11.2 Å². The van der Waals surface area contributed by atoms with Crippen molar-refractivity contribution in [2.45, 2.75) is 38.4 Å². The van der Waals surface area contributed by atoms with Crippen LogP contribution < -0.4 is 22.0 Å². The molecule has 0 aliphatic carbocycles. The van der Waals surface area contributed by atoms with Gasteiger partial charge in [0.05, 0.1) is 5.75 Å². The Bertz CT molecular complexity index is 607. The molecule has 4 N–H and O–H groups in total. The van der Waals surface area contributed by atoms with Gasteiger partial charge in [0.1, 0.15) is 5.69 Å². The van der Waals surface area contributed by atoms with E-state index in [-0.39, 0.29) is 16.6 Å². The standard InChI is InChI=1S/C11H18N6O3S/c1-6-8(19)17(12)10(16-15-6)21-5-7(18)13-9(20)14-11(2,3)4/h5,12H2,1-4H3,(H2,13,14,18,20). The molecule has 0 radical (unpaired) electrons. The van der Waals surface area contributed by atoms with E-state index in [2.05, 4.69) is 20.8 Å². The van der Waals surface area contributed by atoms with Crippen LogP contribution in [0.3, 0.4) is 0 Å². The highest BCUT2D eigenvalue weighted by Gasteiger charge is 2.16. The molecule has 1 heterocycles. The number of carbonyl (C=O) groups excluding carboxylic acids is 2. The quantitative estimate of drug-likeness (QED) is 0.500. The van der Waals surface area contributed by atoms with Gasteiger partial charge in [-0.05, 0) is 27.7 Å². The van der Waals surface area contributed by atoms with Crippen LogP contribution in [0.1, 0.15) is 26.5 Å². The fourth-order valence-electron chi connectivity index (χ4n) is 1.23. The molecule has 1 rings (SSSR count). The molecule has 0 aromatic carbocycles. The van der Waals surface area contributed by atoms with Crippen LogP contribution in [0.2, 0.25) is 0 Å². The number of nitrogens with two attached hydrogens (primary N) is 1. The molecule has 9 nitrogen and oxygen atoms in total. The summed E-state index contributed by atoms with van der Waals surface area (Å²) in [6.45, 7) is 6.86. The molecule has 0 saturated carbocycles. The minimum Gasteiger partial charge on any atom is -0.334 e. The predicted molar refractivity (Wildman–Crippen MR) is 78.3 cm³/mol. The topological polar surface area (TPSA) is 132 Å². The summed E-state index contributed by atoms with van der Waals surface area (Å²) in [5.74, 6) is 4.87. The number of nitrogens with one attached hydrogen (secondary N) is 2. The van der Waals surface area contributed by atoms with Gasteiger partial charge in [-0.1, -0.05) is 11.8 Å². The lowest BCUT2D eigenvalue weighted by molar-refractivity contribution is -0.117. The van der Waals surface area contributed by atoms with E-state index in [1.807, 2.05) is 0 Å². The zero-order chi connectivity index (χ0) is 16.2. The van der Waals surface area contributed by atoms with Crippen LogP contribution in [0.5, 0.6) is 0 Å². The molecule has 1 aromatic rings. The lowest BCUT2D eigenvalue weighted by Crippen LogP contribution is -2.48. The van der Waals surface area contributed by atoms with Crippen molar-refractivity contribution in [1.82, 2.24) is 25.5 Å². The number of hydrogen-bond acceptors (Lipinski definition) is 7. The van der Waals surface area contributed by atoms with E-state index < -0.39 is 23.0 Å². The van der Waals surface area contributed by atoms with Crippen LogP contribution in [0, 0.1) is 6.92 Å². The van der Waals surface area contributed by atoms with Gasteiger partial charge >= 0.3 is 6.03 Å². The highest BCUT2D eigenvalue weighted by Crippen LogP contribution is 2.10. The average Bonchev–Trinajstić information content (AvgIpc) is 2.32. The van der Waals surface area contributed by atoms with E-state index >= 15 is 0 Å². The lowest BCUT2D eigenvalue weighted by atomic mass is 10.1. The third kappa shape index (κ3) is 5.42. The summed E-state index contributed by atoms with van der Waals surface area (Å²) in [4.78, 5) is 34.6. The molecule has 0 unspecified atom stereocenters. The molecule has 0 spiro atoms. The van der Waals surface area contributed by atoms with Crippen molar-refractivity contribution in [2.75, 3.05) is 11.6 Å². The molecule has 1 aromatic heterocycles. The van der Waals surface area contributed by atoms with Crippen molar-refractivity contribution in [1.29, 1.82) is 0 Å². The number of amides is 3. The number of thioether (sulfide) groups is 1. The Morgan fingerprint density at radius 1 is 1.33 bits per heavy atom. The Balaban J connectivity index is 2.56. The third-order valence-corrected chi connectivity index (χ3v) is 3.04. The molecular weight excluding hydrogens is 296 g/mol. The number of aromatic nitrogens is 3. The highest BCUT2D eigenvalue weighted by molar-refractivity contribution is 7.99. The Labute approximate surface area is 125 Å². The first-order chi connectivity index (χ1) is 9.60. The summed E-state index contributed by atoms with van der Waals surface area (Å²) < 4.78 is 0.815. The van der Waals surface area contributed by atoms with Crippen LogP contribution >= 0.6 is 11.8 Å². The first-order valence-corrected chi connectivity index (χ1v) is 7.05. The molecule has 0 saturated heterocycles. The summed E-state index contributed by atoms with van der Waals surface area (Å²) >= 11 is 0.910. The van der Waals surface area contributed by atoms with Crippen molar-refractivity contribution >= 4 is 23.7 Å². The van der Waals surface area contributed by atoms with Gasteiger partial charge in [-0.15, -0.1) is 10.2 Å². The normalized spacial score (nSPS) is 11.0. The second-order valence-corrected chi connectivity index (χ2v) is 6.23. The maximum absolute atomic E-state index is 11.6. The monoisotopic (exact) mass is 314 g/mol. The summed E-state index contributed by atoms with van der Waals surface area (Å²) in [5, 5.41) is 12.2. The van der Waals surface area contributed by atoms with Gasteiger partial charge in [-0.25, -0.2) is 4.79 Å². The molecule has 10 heteroatoms. The van der Waals surface area contributed by atoms with Crippen LogP contribution in [0.15, 0.2) is 9.95 Å². The van der Waals surface area contributed by atoms with Gasteiger partial charge in [-0.3, -0.25) is 14.9 Å². The molecule has 0 bridgehead atoms. The smallest absolute Gasteiger partial charge is 0.321 e. The van der Waals surface area contributed by atoms with Crippen molar-refractivity contribution in [3.63, 3.8) is 0 Å². The largest absolute Gasteiger partial charge is 0.334 e. The van der Waals surface area contributed by atoms with Crippen LogP contribution in [-0.2, 0) is 4.79 Å². The number of imide groups is 1. The Morgan fingerprint density at radius 3 is 2.52 bits per heavy atom. The second kappa shape index (κ2) is 6.57. The number of nitrogens with zero attached hydrogens (tertiary/aromatic N) is 3. The molecule has 116 valence electrons. The third-order valence-electron chi connectivity index (χ3n) is 2.09. The number of hydrogen-bond donors (Lipinski definition) is 3. The van der Waals surface area contributed by atoms with Crippen molar-refractivity contribution in [3.8, 4) is 0 Å². The number of aryl methyl sites for hydroxylation is 1. The van der Waals surface area contributed by atoms with E-state index in [0.717, 1.165) is 16.4 Å². The first kappa shape index (κ1) is 17.0. The second-order valence-electron chi connectivity index (χ2n) is 5.28. The lowest BCUT2D eigenvalue weighted by Gasteiger charge is -2.20. The predicted octanol–water partition coefficient (Wildman–Crippen LogP) is -0.623. The number of rotatable bonds is 3. The van der Waals surface area contributed by atoms with E-state index in [4.69, 9.17) is 5.84 Å². The number of urea groups is 1. The van der Waals surface area contributed by atoms with Gasteiger partial charge in [0, 0.05) is 5.54 Å². The maximum Gasteiger partial charge on any atom is 0.321 e. The van der Waals surface area contributed by atoms with Crippen LogP contribution in [0.4, 0.5) is 4.79 Å².